The average molecular weight is 470 g/mol. The second kappa shape index (κ2) is 10.0. The molecule has 1 saturated heterocycles. The Morgan fingerprint density at radius 2 is 1.73 bits per heavy atom. The average Bonchev–Trinajstić information content (AvgIpc) is 3.09. The maximum Gasteiger partial charge on any atom is 0.391 e. The maximum atomic E-state index is 13.0. The van der Waals surface area contributed by atoms with Gasteiger partial charge in [-0.1, -0.05) is 37.1 Å². The van der Waals surface area contributed by atoms with Crippen LogP contribution in [-0.4, -0.2) is 53.1 Å². The van der Waals surface area contributed by atoms with Gasteiger partial charge in [0.05, 0.1) is 18.1 Å². The second-order valence-corrected chi connectivity index (χ2v) is 11.7. The number of nitrogens with zero attached hydrogens (tertiary/aromatic N) is 1. The van der Waals surface area contributed by atoms with Crippen molar-refractivity contribution in [2.75, 3.05) is 19.6 Å². The zero-order valence-corrected chi connectivity index (χ0v) is 20.3. The molecule has 0 spiro atoms. The molecule has 2 N–H and O–H groups in total. The number of allylic oxidation sites excluding steroid dienone is 3. The fraction of sp³-hybridized carbons (Fsp3) is 0.852. The van der Waals surface area contributed by atoms with Crippen molar-refractivity contribution in [3.05, 3.63) is 23.3 Å². The summed E-state index contributed by atoms with van der Waals surface area (Å²) in [6.45, 7) is 6.82. The lowest BCUT2D eigenvalue weighted by Gasteiger charge is -2.45. The Bertz CT molecular complexity index is 728. The monoisotopic (exact) mass is 469 g/mol. The summed E-state index contributed by atoms with van der Waals surface area (Å²) in [4.78, 5) is 2.27. The molecule has 0 aromatic heterocycles. The highest BCUT2D eigenvalue weighted by Gasteiger charge is 2.51. The Kier molecular flexibility index (Phi) is 7.67. The van der Waals surface area contributed by atoms with Crippen LogP contribution in [0, 0.1) is 29.1 Å². The zero-order valence-electron chi connectivity index (χ0n) is 20.3. The van der Waals surface area contributed by atoms with Gasteiger partial charge in [-0.25, -0.2) is 0 Å². The maximum absolute atomic E-state index is 13.0. The van der Waals surface area contributed by atoms with Gasteiger partial charge < -0.3 is 15.1 Å². The van der Waals surface area contributed by atoms with Crippen molar-refractivity contribution in [3.63, 3.8) is 0 Å². The number of piperidine rings is 1. The van der Waals surface area contributed by atoms with Gasteiger partial charge in [-0.15, -0.1) is 0 Å². The zero-order chi connectivity index (χ0) is 23.8. The van der Waals surface area contributed by atoms with Crippen molar-refractivity contribution in [3.8, 4) is 0 Å². The van der Waals surface area contributed by atoms with E-state index in [2.05, 4.69) is 30.9 Å². The van der Waals surface area contributed by atoms with E-state index in [0.29, 0.717) is 50.1 Å². The van der Waals surface area contributed by atoms with Crippen LogP contribution in [0.3, 0.4) is 0 Å². The van der Waals surface area contributed by atoms with Crippen molar-refractivity contribution in [1.29, 1.82) is 0 Å². The molecule has 3 aliphatic carbocycles. The van der Waals surface area contributed by atoms with Gasteiger partial charge in [0, 0.05) is 6.54 Å². The van der Waals surface area contributed by atoms with Gasteiger partial charge in [0.1, 0.15) is 0 Å². The lowest BCUT2D eigenvalue weighted by Crippen LogP contribution is -2.44. The van der Waals surface area contributed by atoms with Gasteiger partial charge >= 0.3 is 6.18 Å². The molecular formula is C27H42F3NO2. The largest absolute Gasteiger partial charge is 0.393 e. The Hall–Kier alpha value is -0.850. The van der Waals surface area contributed by atoms with E-state index in [-0.39, 0.29) is 18.3 Å². The third-order valence-corrected chi connectivity index (χ3v) is 9.39. The first-order valence-electron chi connectivity index (χ1n) is 13.1. The minimum atomic E-state index is -4.04. The first kappa shape index (κ1) is 25.2. The van der Waals surface area contributed by atoms with Crippen molar-refractivity contribution in [2.45, 2.75) is 96.4 Å². The fourth-order valence-electron chi connectivity index (χ4n) is 7.72. The predicted molar refractivity (Wildman–Crippen MR) is 125 cm³/mol. The number of alkyl halides is 3. The van der Waals surface area contributed by atoms with E-state index in [1.807, 2.05) is 0 Å². The Morgan fingerprint density at radius 3 is 2.36 bits per heavy atom. The standard InChI is InChI=1S/C27H42F3NO2/c1-18(17-31-12-9-21(10-13-31)27(28,29)30)24-7-8-25-20(4-3-11-26(24,25)2)6-5-19-14-22(32)16-23(33)15-19/h5-6,18,21-25,32-33H,3-4,7-17H2,1-2H3/b19-5?,20-6+/t18-,22-,23+,24-,25+,26-/m1/s1. The Labute approximate surface area is 197 Å². The molecule has 1 heterocycles. The first-order valence-corrected chi connectivity index (χ1v) is 13.1. The number of aliphatic hydroxyl groups excluding tert-OH is 2. The van der Waals surface area contributed by atoms with Crippen LogP contribution in [0.15, 0.2) is 23.3 Å². The van der Waals surface area contributed by atoms with E-state index < -0.39 is 24.3 Å². The molecule has 0 radical (unpaired) electrons. The first-order chi connectivity index (χ1) is 15.6. The summed E-state index contributed by atoms with van der Waals surface area (Å²) < 4.78 is 39.0. The van der Waals surface area contributed by atoms with E-state index >= 15 is 0 Å². The summed E-state index contributed by atoms with van der Waals surface area (Å²) in [5.41, 5.74) is 2.93. The van der Waals surface area contributed by atoms with Crippen LogP contribution in [-0.2, 0) is 0 Å². The van der Waals surface area contributed by atoms with Gasteiger partial charge in [0.25, 0.3) is 0 Å². The Morgan fingerprint density at radius 1 is 1.06 bits per heavy atom. The molecule has 4 aliphatic rings. The SMILES string of the molecule is C[C@H](CN1CCC(C(F)(F)F)CC1)[C@H]1CC[C@H]2/C(=C/C=C3C[C@@H](O)C[C@@H](O)C3)CCC[C@]12C. The number of rotatable bonds is 4. The summed E-state index contributed by atoms with van der Waals surface area (Å²) in [6.07, 6.45) is 7.75. The minimum Gasteiger partial charge on any atom is -0.393 e. The smallest absolute Gasteiger partial charge is 0.391 e. The Balaban J connectivity index is 1.38. The van der Waals surface area contributed by atoms with Crippen LogP contribution in [0.25, 0.3) is 0 Å². The highest BCUT2D eigenvalue weighted by Crippen LogP contribution is 2.59. The van der Waals surface area contributed by atoms with Crippen LogP contribution < -0.4 is 0 Å². The van der Waals surface area contributed by atoms with Gasteiger partial charge in [0.2, 0.25) is 0 Å². The molecule has 4 rings (SSSR count). The number of hydrogen-bond donors (Lipinski definition) is 2. The highest BCUT2D eigenvalue weighted by atomic mass is 19.4. The molecule has 3 nitrogen and oxygen atoms in total. The normalized spacial score (nSPS) is 40.3. The molecule has 188 valence electrons. The summed E-state index contributed by atoms with van der Waals surface area (Å²) in [6, 6.07) is 0. The van der Waals surface area contributed by atoms with Crippen LogP contribution in [0.2, 0.25) is 0 Å². The number of fused-ring (bicyclic) bond motifs is 1. The van der Waals surface area contributed by atoms with E-state index in [1.165, 1.54) is 31.3 Å². The third-order valence-electron chi connectivity index (χ3n) is 9.39. The van der Waals surface area contributed by atoms with Gasteiger partial charge in [0.15, 0.2) is 0 Å². The number of halogens is 3. The topological polar surface area (TPSA) is 43.7 Å². The molecule has 0 unspecified atom stereocenters. The van der Waals surface area contributed by atoms with Gasteiger partial charge in [-0.2, -0.15) is 13.2 Å². The molecule has 6 atom stereocenters. The minimum absolute atomic E-state index is 0.242. The summed E-state index contributed by atoms with van der Waals surface area (Å²) in [5.74, 6) is 0.551. The van der Waals surface area contributed by atoms with Crippen molar-refractivity contribution >= 4 is 0 Å². The molecule has 33 heavy (non-hydrogen) atoms. The molecule has 0 bridgehead atoms. The lowest BCUT2D eigenvalue weighted by atomic mass is 9.61. The molecular weight excluding hydrogens is 427 g/mol. The second-order valence-electron chi connectivity index (χ2n) is 11.7. The molecule has 6 heteroatoms. The number of likely N-dealkylation sites (tertiary alicyclic amines) is 1. The molecule has 0 aromatic carbocycles. The lowest BCUT2D eigenvalue weighted by molar-refractivity contribution is -0.185. The quantitative estimate of drug-likeness (QED) is 0.541. The van der Waals surface area contributed by atoms with Crippen LogP contribution >= 0.6 is 0 Å². The summed E-state index contributed by atoms with van der Waals surface area (Å²) >= 11 is 0. The third kappa shape index (κ3) is 5.70. The van der Waals surface area contributed by atoms with E-state index in [4.69, 9.17) is 0 Å². The summed E-state index contributed by atoms with van der Waals surface area (Å²) in [5, 5.41) is 20.0. The summed E-state index contributed by atoms with van der Waals surface area (Å²) in [7, 11) is 0. The number of hydrogen-bond acceptors (Lipinski definition) is 3. The van der Waals surface area contributed by atoms with Crippen LogP contribution in [0.4, 0.5) is 13.2 Å². The molecule has 4 fully saturated rings. The van der Waals surface area contributed by atoms with Crippen LogP contribution in [0.5, 0.6) is 0 Å². The van der Waals surface area contributed by atoms with E-state index in [1.54, 1.807) is 0 Å². The highest BCUT2D eigenvalue weighted by molar-refractivity contribution is 5.26. The molecule has 1 aliphatic heterocycles. The number of aliphatic hydroxyl groups is 2. The van der Waals surface area contributed by atoms with E-state index in [0.717, 1.165) is 18.5 Å². The molecule has 0 aromatic rings. The van der Waals surface area contributed by atoms with E-state index in [9.17, 15) is 23.4 Å². The van der Waals surface area contributed by atoms with Crippen molar-refractivity contribution < 1.29 is 23.4 Å². The van der Waals surface area contributed by atoms with Crippen molar-refractivity contribution in [1.82, 2.24) is 4.90 Å². The fourth-order valence-corrected chi connectivity index (χ4v) is 7.72. The molecule has 0 amide bonds. The van der Waals surface area contributed by atoms with Gasteiger partial charge in [-0.3, -0.25) is 0 Å². The predicted octanol–water partition coefficient (Wildman–Crippen LogP) is 5.87. The van der Waals surface area contributed by atoms with Crippen molar-refractivity contribution in [2.24, 2.45) is 29.1 Å². The van der Waals surface area contributed by atoms with Gasteiger partial charge in [-0.05, 0) is 100 Å². The molecule has 3 saturated carbocycles. The van der Waals surface area contributed by atoms with Crippen LogP contribution in [0.1, 0.15) is 78.1 Å².